The number of rotatable bonds is 1. The van der Waals surface area contributed by atoms with Crippen molar-refractivity contribution in [1.29, 1.82) is 0 Å². The summed E-state index contributed by atoms with van der Waals surface area (Å²) >= 11 is 0. The molecule has 3 rings (SSSR count). The van der Waals surface area contributed by atoms with Crippen molar-refractivity contribution in [1.82, 2.24) is 15.1 Å². The first kappa shape index (κ1) is 8.47. The molecule has 4 nitrogen and oxygen atoms in total. The summed E-state index contributed by atoms with van der Waals surface area (Å²) in [5.41, 5.74) is 2.77. The Balaban J connectivity index is 2.45. The highest BCUT2D eigenvalue weighted by atomic mass is 16.1. The number of aromatic nitrogens is 2. The van der Waals surface area contributed by atoms with E-state index in [0.29, 0.717) is 6.54 Å². The Morgan fingerprint density at radius 1 is 1.53 bits per heavy atom. The Bertz CT molecular complexity index is 556. The Hall–Kier alpha value is -1.84. The van der Waals surface area contributed by atoms with Crippen LogP contribution in [0.5, 0.6) is 0 Å². The molecule has 1 aliphatic rings. The summed E-state index contributed by atoms with van der Waals surface area (Å²) in [6.07, 6.45) is 0. The summed E-state index contributed by atoms with van der Waals surface area (Å²) in [5.74, 6) is 0.00348. The first-order chi connectivity index (χ1) is 7.31. The van der Waals surface area contributed by atoms with Gasteiger partial charge in [0.1, 0.15) is 0 Å². The van der Waals surface area contributed by atoms with Crippen LogP contribution in [0.25, 0.3) is 10.9 Å². The molecule has 76 valence electrons. The van der Waals surface area contributed by atoms with Gasteiger partial charge in [-0.15, -0.1) is 0 Å². The lowest BCUT2D eigenvalue weighted by atomic mass is 10.0. The van der Waals surface area contributed by atoms with Crippen LogP contribution in [0.15, 0.2) is 18.2 Å². The van der Waals surface area contributed by atoms with Crippen molar-refractivity contribution in [2.24, 2.45) is 0 Å². The number of hydrogen-bond acceptors (Lipinski definition) is 2. The lowest BCUT2D eigenvalue weighted by Gasteiger charge is -2.11. The zero-order valence-corrected chi connectivity index (χ0v) is 8.45. The van der Waals surface area contributed by atoms with Crippen LogP contribution in [0.2, 0.25) is 0 Å². The number of nitrogens with zero attached hydrogens (tertiary/aromatic N) is 2. The highest BCUT2D eigenvalue weighted by Gasteiger charge is 2.22. The van der Waals surface area contributed by atoms with E-state index in [2.05, 4.69) is 17.3 Å². The molecule has 0 unspecified atom stereocenters. The summed E-state index contributed by atoms with van der Waals surface area (Å²) in [6, 6.07) is 5.76. The van der Waals surface area contributed by atoms with E-state index in [4.69, 9.17) is 0 Å². The molecule has 15 heavy (non-hydrogen) atoms. The second-order valence-corrected chi connectivity index (χ2v) is 3.64. The van der Waals surface area contributed by atoms with Crippen LogP contribution in [-0.2, 0) is 13.1 Å². The molecular weight excluding hydrogens is 190 g/mol. The SMILES string of the molecule is CCn1nc2c3c(cccc31)C(=O)NC2. The van der Waals surface area contributed by atoms with Gasteiger partial charge in [0.25, 0.3) is 5.91 Å². The molecule has 1 aromatic heterocycles. The van der Waals surface area contributed by atoms with E-state index in [9.17, 15) is 4.79 Å². The van der Waals surface area contributed by atoms with Crippen LogP contribution >= 0.6 is 0 Å². The van der Waals surface area contributed by atoms with Crippen LogP contribution in [-0.4, -0.2) is 15.7 Å². The number of nitrogens with one attached hydrogen (secondary N) is 1. The number of hydrogen-bond donors (Lipinski definition) is 1. The molecule has 1 N–H and O–H groups in total. The molecule has 0 bridgehead atoms. The van der Waals surface area contributed by atoms with Crippen LogP contribution < -0.4 is 5.32 Å². The topological polar surface area (TPSA) is 46.9 Å². The minimum Gasteiger partial charge on any atom is -0.346 e. The molecular formula is C11H11N3O. The summed E-state index contributed by atoms with van der Waals surface area (Å²) in [4.78, 5) is 11.6. The summed E-state index contributed by atoms with van der Waals surface area (Å²) in [5, 5.41) is 8.31. The van der Waals surface area contributed by atoms with Crippen molar-refractivity contribution >= 4 is 16.8 Å². The molecule has 2 aromatic rings. The third-order valence-electron chi connectivity index (χ3n) is 2.81. The summed E-state index contributed by atoms with van der Waals surface area (Å²) in [7, 11) is 0. The van der Waals surface area contributed by atoms with Gasteiger partial charge in [-0.2, -0.15) is 5.10 Å². The average Bonchev–Trinajstić information content (AvgIpc) is 2.64. The fraction of sp³-hybridized carbons (Fsp3) is 0.273. The van der Waals surface area contributed by atoms with Gasteiger partial charge in [-0.05, 0) is 19.1 Å². The zero-order valence-electron chi connectivity index (χ0n) is 8.45. The van der Waals surface area contributed by atoms with E-state index in [-0.39, 0.29) is 5.91 Å². The predicted molar refractivity (Wildman–Crippen MR) is 56.6 cm³/mol. The maximum absolute atomic E-state index is 11.6. The quantitative estimate of drug-likeness (QED) is 0.756. The minimum absolute atomic E-state index is 0.00348. The summed E-state index contributed by atoms with van der Waals surface area (Å²) < 4.78 is 1.94. The Kier molecular flexibility index (Phi) is 1.59. The predicted octanol–water partition coefficient (Wildman–Crippen LogP) is 1.30. The smallest absolute Gasteiger partial charge is 0.252 e. The largest absolute Gasteiger partial charge is 0.346 e. The normalized spacial score (nSPS) is 14.3. The van der Waals surface area contributed by atoms with Gasteiger partial charge in [0.15, 0.2) is 0 Å². The maximum Gasteiger partial charge on any atom is 0.252 e. The Labute approximate surface area is 86.9 Å². The van der Waals surface area contributed by atoms with Crippen LogP contribution in [0.1, 0.15) is 23.0 Å². The number of amides is 1. The van der Waals surface area contributed by atoms with Gasteiger partial charge in [0, 0.05) is 11.9 Å². The zero-order chi connectivity index (χ0) is 10.4. The van der Waals surface area contributed by atoms with Crippen molar-refractivity contribution in [2.75, 3.05) is 0 Å². The standard InChI is InChI=1S/C11H11N3O/c1-2-14-9-5-3-4-7-10(9)8(13-14)6-12-11(7)15/h3-5H,2,6H2,1H3,(H,12,15). The van der Waals surface area contributed by atoms with E-state index >= 15 is 0 Å². The fourth-order valence-corrected chi connectivity index (χ4v) is 2.12. The molecule has 1 aliphatic heterocycles. The van der Waals surface area contributed by atoms with E-state index in [1.54, 1.807) is 0 Å². The van der Waals surface area contributed by atoms with Gasteiger partial charge >= 0.3 is 0 Å². The number of aryl methyl sites for hydroxylation is 1. The lowest BCUT2D eigenvalue weighted by molar-refractivity contribution is 0.0949. The summed E-state index contributed by atoms with van der Waals surface area (Å²) in [6.45, 7) is 3.42. The fourth-order valence-electron chi connectivity index (χ4n) is 2.12. The number of benzene rings is 1. The van der Waals surface area contributed by atoms with Crippen LogP contribution in [0.4, 0.5) is 0 Å². The monoisotopic (exact) mass is 201 g/mol. The number of carbonyl (C=O) groups is 1. The highest BCUT2D eigenvalue weighted by molar-refractivity contribution is 6.09. The maximum atomic E-state index is 11.6. The minimum atomic E-state index is 0.00348. The van der Waals surface area contributed by atoms with Gasteiger partial charge in [0.05, 0.1) is 23.3 Å². The lowest BCUT2D eigenvalue weighted by Crippen LogP contribution is -2.27. The van der Waals surface area contributed by atoms with Gasteiger partial charge < -0.3 is 5.32 Å². The molecule has 0 saturated heterocycles. The third kappa shape index (κ3) is 1.02. The second kappa shape index (κ2) is 2.82. The van der Waals surface area contributed by atoms with Crippen molar-refractivity contribution in [3.05, 3.63) is 29.5 Å². The third-order valence-corrected chi connectivity index (χ3v) is 2.81. The van der Waals surface area contributed by atoms with E-state index in [1.807, 2.05) is 22.9 Å². The van der Waals surface area contributed by atoms with Gasteiger partial charge in [-0.25, -0.2) is 0 Å². The molecule has 0 spiro atoms. The van der Waals surface area contributed by atoms with Crippen LogP contribution in [0, 0.1) is 0 Å². The Morgan fingerprint density at radius 3 is 3.20 bits per heavy atom. The average molecular weight is 201 g/mol. The van der Waals surface area contributed by atoms with Crippen molar-refractivity contribution in [3.63, 3.8) is 0 Å². The van der Waals surface area contributed by atoms with Gasteiger partial charge in [-0.3, -0.25) is 9.48 Å². The van der Waals surface area contributed by atoms with Crippen LogP contribution in [0.3, 0.4) is 0 Å². The molecule has 0 aliphatic carbocycles. The molecule has 0 radical (unpaired) electrons. The molecule has 0 atom stereocenters. The Morgan fingerprint density at radius 2 is 2.40 bits per heavy atom. The number of carbonyl (C=O) groups excluding carboxylic acids is 1. The molecule has 2 heterocycles. The molecule has 0 fully saturated rings. The molecule has 1 amide bonds. The van der Waals surface area contributed by atoms with Crippen molar-refractivity contribution < 1.29 is 4.79 Å². The molecule has 4 heteroatoms. The van der Waals surface area contributed by atoms with Gasteiger partial charge in [-0.1, -0.05) is 6.07 Å². The van der Waals surface area contributed by atoms with Gasteiger partial charge in [0.2, 0.25) is 0 Å². The van der Waals surface area contributed by atoms with E-state index in [0.717, 1.165) is 28.7 Å². The molecule has 1 aromatic carbocycles. The van der Waals surface area contributed by atoms with E-state index in [1.165, 1.54) is 0 Å². The highest BCUT2D eigenvalue weighted by Crippen LogP contribution is 2.25. The van der Waals surface area contributed by atoms with Crippen molar-refractivity contribution in [3.8, 4) is 0 Å². The van der Waals surface area contributed by atoms with E-state index < -0.39 is 0 Å². The molecule has 0 saturated carbocycles. The first-order valence-corrected chi connectivity index (χ1v) is 5.08. The second-order valence-electron chi connectivity index (χ2n) is 3.64. The van der Waals surface area contributed by atoms with Crippen molar-refractivity contribution in [2.45, 2.75) is 20.0 Å². The first-order valence-electron chi connectivity index (χ1n) is 5.08.